The number of hydrogen-bond acceptors (Lipinski definition) is 3. The Morgan fingerprint density at radius 1 is 1.53 bits per heavy atom. The van der Waals surface area contributed by atoms with Crippen LogP contribution < -0.4 is 4.90 Å². The lowest BCUT2D eigenvalue weighted by Crippen LogP contribution is -2.28. The zero-order valence-corrected chi connectivity index (χ0v) is 7.94. The molecule has 0 saturated heterocycles. The van der Waals surface area contributed by atoms with Crippen LogP contribution in [-0.4, -0.2) is 24.2 Å². The number of carboxylic acid groups (broad SMARTS) is 1. The van der Waals surface area contributed by atoms with Crippen molar-refractivity contribution in [1.82, 2.24) is 0 Å². The summed E-state index contributed by atoms with van der Waals surface area (Å²) in [5, 5.41) is 8.65. The lowest BCUT2D eigenvalue weighted by molar-refractivity contribution is 0.0663. The van der Waals surface area contributed by atoms with Gasteiger partial charge in [-0.1, -0.05) is 0 Å². The number of nitrogens with zero attached hydrogens (tertiary/aromatic N) is 1. The van der Waals surface area contributed by atoms with Crippen LogP contribution in [0.4, 0.5) is 10.3 Å². The highest BCUT2D eigenvalue weighted by molar-refractivity contribution is 5.84. The van der Waals surface area contributed by atoms with Crippen LogP contribution in [0.3, 0.4) is 0 Å². The molecular formula is C10H10FNO3. The van der Waals surface area contributed by atoms with Gasteiger partial charge < -0.3 is 14.4 Å². The minimum absolute atomic E-state index is 0.125. The Bertz CT molecular complexity index is 411. The van der Waals surface area contributed by atoms with Gasteiger partial charge in [0.2, 0.25) is 5.76 Å². The van der Waals surface area contributed by atoms with Gasteiger partial charge in [0.1, 0.15) is 5.83 Å². The molecule has 1 N–H and O–H groups in total. The largest absolute Gasteiger partial charge is 0.475 e. The summed E-state index contributed by atoms with van der Waals surface area (Å²) >= 11 is 0. The maximum atomic E-state index is 12.9. The predicted octanol–water partition coefficient (Wildman–Crippen LogP) is 2.04. The van der Waals surface area contributed by atoms with Crippen LogP contribution in [0.1, 0.15) is 17.0 Å². The first kappa shape index (κ1) is 9.76. The topological polar surface area (TPSA) is 53.7 Å². The molecule has 2 rings (SSSR count). The van der Waals surface area contributed by atoms with Gasteiger partial charge in [-0.15, -0.1) is 0 Å². The first-order valence-corrected chi connectivity index (χ1v) is 4.59. The molecule has 5 heteroatoms. The highest BCUT2D eigenvalue weighted by Crippen LogP contribution is 2.22. The zero-order valence-electron chi connectivity index (χ0n) is 7.94. The van der Waals surface area contributed by atoms with Crippen LogP contribution in [0.2, 0.25) is 0 Å². The zero-order chi connectivity index (χ0) is 10.8. The quantitative estimate of drug-likeness (QED) is 0.813. The van der Waals surface area contributed by atoms with Gasteiger partial charge in [0.15, 0.2) is 5.88 Å². The van der Waals surface area contributed by atoms with Crippen LogP contribution in [0.25, 0.3) is 0 Å². The van der Waals surface area contributed by atoms with E-state index in [9.17, 15) is 9.18 Å². The molecule has 1 aliphatic heterocycles. The maximum absolute atomic E-state index is 12.9. The maximum Gasteiger partial charge on any atom is 0.371 e. The molecule has 1 aliphatic rings. The Balaban J connectivity index is 2.16. The first-order chi connectivity index (χ1) is 7.16. The smallest absolute Gasteiger partial charge is 0.371 e. The molecule has 0 unspecified atom stereocenters. The van der Waals surface area contributed by atoms with E-state index >= 15 is 0 Å². The molecule has 0 bridgehead atoms. The van der Waals surface area contributed by atoms with Gasteiger partial charge in [-0.3, -0.25) is 0 Å². The molecule has 0 aromatic carbocycles. The monoisotopic (exact) mass is 211 g/mol. The van der Waals surface area contributed by atoms with E-state index in [1.165, 1.54) is 12.1 Å². The van der Waals surface area contributed by atoms with E-state index in [0.29, 0.717) is 18.8 Å². The average Bonchev–Trinajstić information content (AvgIpc) is 2.66. The van der Waals surface area contributed by atoms with E-state index in [1.807, 2.05) is 0 Å². The van der Waals surface area contributed by atoms with Crippen LogP contribution in [0, 0.1) is 0 Å². The van der Waals surface area contributed by atoms with E-state index in [-0.39, 0.29) is 18.1 Å². The summed E-state index contributed by atoms with van der Waals surface area (Å²) in [4.78, 5) is 12.2. The third-order valence-electron chi connectivity index (χ3n) is 2.22. The van der Waals surface area contributed by atoms with E-state index in [1.54, 1.807) is 11.0 Å². The van der Waals surface area contributed by atoms with E-state index in [4.69, 9.17) is 9.52 Å². The normalized spacial score (nSPS) is 16.3. The first-order valence-electron chi connectivity index (χ1n) is 4.59. The van der Waals surface area contributed by atoms with Crippen molar-refractivity contribution in [3.05, 3.63) is 29.8 Å². The Labute approximate surface area is 85.6 Å². The molecule has 80 valence electrons. The van der Waals surface area contributed by atoms with E-state index in [2.05, 4.69) is 0 Å². The van der Waals surface area contributed by atoms with Gasteiger partial charge >= 0.3 is 5.97 Å². The second-order valence-electron chi connectivity index (χ2n) is 3.30. The summed E-state index contributed by atoms with van der Waals surface area (Å²) in [6.07, 6.45) is 2.13. The van der Waals surface area contributed by atoms with Crippen molar-refractivity contribution in [2.24, 2.45) is 0 Å². The number of anilines is 1. The molecule has 0 amide bonds. The summed E-state index contributed by atoms with van der Waals surface area (Å²) in [6, 6.07) is 2.91. The second-order valence-corrected chi connectivity index (χ2v) is 3.30. The molecule has 0 fully saturated rings. The molecule has 4 nitrogen and oxygen atoms in total. The average molecular weight is 211 g/mol. The van der Waals surface area contributed by atoms with Gasteiger partial charge in [-0.2, -0.15) is 0 Å². The highest BCUT2D eigenvalue weighted by Gasteiger charge is 2.17. The van der Waals surface area contributed by atoms with Crippen molar-refractivity contribution in [2.45, 2.75) is 6.42 Å². The predicted molar refractivity (Wildman–Crippen MR) is 51.7 cm³/mol. The van der Waals surface area contributed by atoms with Crippen LogP contribution >= 0.6 is 0 Å². The van der Waals surface area contributed by atoms with Gasteiger partial charge in [0, 0.05) is 12.6 Å². The summed E-state index contributed by atoms with van der Waals surface area (Å²) in [5.41, 5.74) is 0. The third kappa shape index (κ3) is 2.01. The Hall–Kier alpha value is -1.78. The molecule has 0 spiro atoms. The lowest BCUT2D eigenvalue weighted by atomic mass is 10.2. The number of halogens is 1. The Morgan fingerprint density at radius 3 is 2.93 bits per heavy atom. The lowest BCUT2D eigenvalue weighted by Gasteiger charge is -2.23. The number of hydrogen-bond donors (Lipinski definition) is 1. The van der Waals surface area contributed by atoms with Crippen molar-refractivity contribution >= 4 is 11.9 Å². The fourth-order valence-corrected chi connectivity index (χ4v) is 1.50. The van der Waals surface area contributed by atoms with Crippen molar-refractivity contribution in [3.8, 4) is 0 Å². The molecule has 0 saturated carbocycles. The second kappa shape index (κ2) is 3.76. The van der Waals surface area contributed by atoms with Crippen molar-refractivity contribution < 1.29 is 18.7 Å². The fraction of sp³-hybridized carbons (Fsp3) is 0.300. The van der Waals surface area contributed by atoms with Gasteiger partial charge in [0.25, 0.3) is 0 Å². The van der Waals surface area contributed by atoms with Gasteiger partial charge in [0.05, 0.1) is 6.54 Å². The molecule has 15 heavy (non-hydrogen) atoms. The summed E-state index contributed by atoms with van der Waals surface area (Å²) in [6.45, 7) is 0.784. The number of furan rings is 1. The number of rotatable bonds is 2. The van der Waals surface area contributed by atoms with Crippen molar-refractivity contribution in [2.75, 3.05) is 18.0 Å². The highest BCUT2D eigenvalue weighted by atomic mass is 19.1. The number of carboxylic acids is 1. The molecule has 0 radical (unpaired) electrons. The SMILES string of the molecule is O=C(O)c1ccc(N2CCC=C(F)C2)o1. The summed E-state index contributed by atoms with van der Waals surface area (Å²) < 4.78 is 18.0. The van der Waals surface area contributed by atoms with Gasteiger partial charge in [-0.25, -0.2) is 9.18 Å². The van der Waals surface area contributed by atoms with Crippen LogP contribution in [0.5, 0.6) is 0 Å². The van der Waals surface area contributed by atoms with E-state index < -0.39 is 5.97 Å². The molecule has 1 aromatic heterocycles. The summed E-state index contributed by atoms with van der Waals surface area (Å²) in [5.74, 6) is -1.06. The minimum atomic E-state index is -1.12. The number of aromatic carboxylic acids is 1. The molecule has 1 aromatic rings. The standard InChI is InChI=1S/C10H10FNO3/c11-7-2-1-5-12(6-7)9-4-3-8(15-9)10(13)14/h2-4H,1,5-6H2,(H,13,14). The molecular weight excluding hydrogens is 201 g/mol. The van der Waals surface area contributed by atoms with Crippen molar-refractivity contribution in [3.63, 3.8) is 0 Å². The van der Waals surface area contributed by atoms with E-state index in [0.717, 1.165) is 0 Å². The fourth-order valence-electron chi connectivity index (χ4n) is 1.50. The molecule has 0 atom stereocenters. The van der Waals surface area contributed by atoms with Crippen molar-refractivity contribution in [1.29, 1.82) is 0 Å². The van der Waals surface area contributed by atoms with Crippen LogP contribution in [-0.2, 0) is 0 Å². The Kier molecular flexibility index (Phi) is 2.45. The molecule has 0 aliphatic carbocycles. The molecule has 2 heterocycles. The Morgan fingerprint density at radius 2 is 2.33 bits per heavy atom. The van der Waals surface area contributed by atoms with Gasteiger partial charge in [-0.05, 0) is 18.6 Å². The minimum Gasteiger partial charge on any atom is -0.475 e. The third-order valence-corrected chi connectivity index (χ3v) is 2.22. The van der Waals surface area contributed by atoms with Crippen LogP contribution in [0.15, 0.2) is 28.5 Å². The summed E-state index contributed by atoms with van der Waals surface area (Å²) in [7, 11) is 0. The number of carbonyl (C=O) groups is 1.